The number of rotatable bonds is 6. The molecule has 2 aromatic rings. The Hall–Kier alpha value is -3.23. The Morgan fingerprint density at radius 2 is 1.93 bits per heavy atom. The third-order valence-electron chi connectivity index (χ3n) is 4.51. The molecule has 0 aromatic heterocycles. The van der Waals surface area contributed by atoms with Crippen LogP contribution in [-0.4, -0.2) is 37.6 Å². The van der Waals surface area contributed by atoms with Gasteiger partial charge in [-0.15, -0.1) is 0 Å². The van der Waals surface area contributed by atoms with Crippen molar-refractivity contribution in [2.45, 2.75) is 25.6 Å². The van der Waals surface area contributed by atoms with E-state index in [-0.39, 0.29) is 24.7 Å². The van der Waals surface area contributed by atoms with Gasteiger partial charge in [0.15, 0.2) is 6.10 Å². The van der Waals surface area contributed by atoms with E-state index in [1.807, 2.05) is 6.92 Å². The molecule has 0 aliphatic carbocycles. The van der Waals surface area contributed by atoms with Crippen molar-refractivity contribution in [1.29, 1.82) is 0 Å². The fraction of sp³-hybridized carbons (Fsp3) is 0.333. The van der Waals surface area contributed by atoms with Crippen molar-refractivity contribution in [3.63, 3.8) is 0 Å². The van der Waals surface area contributed by atoms with Crippen molar-refractivity contribution < 1.29 is 27.5 Å². The van der Waals surface area contributed by atoms with Crippen LogP contribution in [0.15, 0.2) is 48.5 Å². The van der Waals surface area contributed by atoms with Gasteiger partial charge in [-0.3, -0.25) is 9.59 Å². The van der Waals surface area contributed by atoms with Crippen LogP contribution in [0.1, 0.15) is 18.9 Å². The number of nitrogens with one attached hydrogen (secondary N) is 2. The predicted octanol–water partition coefficient (Wildman–Crippen LogP) is 3.44. The second-order valence-electron chi connectivity index (χ2n) is 6.87. The zero-order chi connectivity index (χ0) is 21.7. The molecule has 0 spiro atoms. The molecule has 1 heterocycles. The molecular weight excluding hydrogens is 399 g/mol. The second-order valence-corrected chi connectivity index (χ2v) is 6.87. The minimum atomic E-state index is -4.50. The van der Waals surface area contributed by atoms with E-state index in [2.05, 4.69) is 10.6 Å². The number of carbonyl (C=O) groups excluding carboxylic acids is 2. The van der Waals surface area contributed by atoms with Gasteiger partial charge in [-0.2, -0.15) is 13.2 Å². The monoisotopic (exact) mass is 421 g/mol. The Kier molecular flexibility index (Phi) is 6.49. The number of halogens is 3. The Morgan fingerprint density at radius 3 is 2.67 bits per heavy atom. The number of benzene rings is 2. The highest BCUT2D eigenvalue weighted by atomic mass is 19.4. The highest BCUT2D eigenvalue weighted by molar-refractivity contribution is 5.95. The molecule has 1 aliphatic heterocycles. The number of ether oxygens (including phenoxy) is 1. The highest BCUT2D eigenvalue weighted by Crippen LogP contribution is 2.33. The zero-order valence-electron chi connectivity index (χ0n) is 16.3. The number of para-hydroxylation sites is 2. The summed E-state index contributed by atoms with van der Waals surface area (Å²) >= 11 is 0. The van der Waals surface area contributed by atoms with Gasteiger partial charge >= 0.3 is 6.18 Å². The van der Waals surface area contributed by atoms with E-state index < -0.39 is 23.8 Å². The molecule has 2 aromatic carbocycles. The van der Waals surface area contributed by atoms with Crippen molar-refractivity contribution >= 4 is 23.2 Å². The van der Waals surface area contributed by atoms with E-state index in [9.17, 15) is 22.8 Å². The Balaban J connectivity index is 1.72. The van der Waals surface area contributed by atoms with Gasteiger partial charge in [0, 0.05) is 12.2 Å². The van der Waals surface area contributed by atoms with Gasteiger partial charge < -0.3 is 20.3 Å². The molecule has 3 rings (SSSR count). The summed E-state index contributed by atoms with van der Waals surface area (Å²) in [5.41, 5.74) is -0.158. The zero-order valence-corrected chi connectivity index (χ0v) is 16.3. The van der Waals surface area contributed by atoms with Crippen LogP contribution in [0.5, 0.6) is 5.75 Å². The van der Waals surface area contributed by atoms with Crippen LogP contribution in [0.2, 0.25) is 0 Å². The average Bonchev–Trinajstić information content (AvgIpc) is 2.71. The predicted molar refractivity (Wildman–Crippen MR) is 106 cm³/mol. The maximum atomic E-state index is 12.9. The van der Waals surface area contributed by atoms with Crippen LogP contribution in [0.3, 0.4) is 0 Å². The molecule has 30 heavy (non-hydrogen) atoms. The quantitative estimate of drug-likeness (QED) is 0.750. The lowest BCUT2D eigenvalue weighted by Crippen LogP contribution is -2.50. The van der Waals surface area contributed by atoms with Gasteiger partial charge in [-0.1, -0.05) is 25.1 Å². The van der Waals surface area contributed by atoms with Gasteiger partial charge in [0.1, 0.15) is 5.75 Å². The minimum absolute atomic E-state index is 0.0496. The normalized spacial score (nSPS) is 15.7. The van der Waals surface area contributed by atoms with Gasteiger partial charge in [0.05, 0.1) is 24.3 Å². The molecule has 0 radical (unpaired) electrons. The number of fused-ring (bicyclic) bond motifs is 1. The second kappa shape index (κ2) is 9.06. The van der Waals surface area contributed by atoms with Crippen LogP contribution < -0.4 is 20.3 Å². The smallest absolute Gasteiger partial charge is 0.416 e. The first-order valence-electron chi connectivity index (χ1n) is 9.53. The number of hydrogen-bond donors (Lipinski definition) is 2. The van der Waals surface area contributed by atoms with Gasteiger partial charge in [-0.25, -0.2) is 0 Å². The summed E-state index contributed by atoms with van der Waals surface area (Å²) in [6, 6.07) is 11.4. The van der Waals surface area contributed by atoms with Crippen molar-refractivity contribution in [2.75, 3.05) is 29.9 Å². The van der Waals surface area contributed by atoms with Crippen LogP contribution in [0.4, 0.5) is 24.5 Å². The van der Waals surface area contributed by atoms with Crippen LogP contribution in [-0.2, 0) is 15.8 Å². The molecule has 0 bridgehead atoms. The molecule has 0 fully saturated rings. The molecular formula is C21H22F3N3O3. The van der Waals surface area contributed by atoms with Crippen LogP contribution in [0.25, 0.3) is 0 Å². The van der Waals surface area contributed by atoms with Crippen LogP contribution in [0, 0.1) is 0 Å². The van der Waals surface area contributed by atoms with E-state index in [1.165, 1.54) is 12.1 Å². The van der Waals surface area contributed by atoms with Gasteiger partial charge in [0.2, 0.25) is 5.91 Å². The van der Waals surface area contributed by atoms with Gasteiger partial charge in [0.25, 0.3) is 5.91 Å². The van der Waals surface area contributed by atoms with Crippen molar-refractivity contribution in [3.8, 4) is 5.75 Å². The number of alkyl halides is 3. The summed E-state index contributed by atoms with van der Waals surface area (Å²) in [4.78, 5) is 26.6. The highest BCUT2D eigenvalue weighted by Gasteiger charge is 2.32. The molecule has 2 N–H and O–H groups in total. The summed E-state index contributed by atoms with van der Waals surface area (Å²) in [5, 5.41) is 5.26. The van der Waals surface area contributed by atoms with Crippen molar-refractivity contribution in [2.24, 2.45) is 0 Å². The molecule has 6 nitrogen and oxygen atoms in total. The molecule has 1 aliphatic rings. The fourth-order valence-electron chi connectivity index (χ4n) is 3.10. The first-order valence-corrected chi connectivity index (χ1v) is 9.53. The van der Waals surface area contributed by atoms with E-state index in [0.717, 1.165) is 18.6 Å². The number of anilines is 2. The van der Waals surface area contributed by atoms with Gasteiger partial charge in [-0.05, 0) is 36.8 Å². The number of carbonyl (C=O) groups is 2. The van der Waals surface area contributed by atoms with Crippen molar-refractivity contribution in [3.05, 3.63) is 54.1 Å². The summed E-state index contributed by atoms with van der Waals surface area (Å²) < 4.78 is 44.4. The number of nitrogens with zero attached hydrogens (tertiary/aromatic N) is 1. The Morgan fingerprint density at radius 1 is 1.17 bits per heavy atom. The van der Waals surface area contributed by atoms with E-state index >= 15 is 0 Å². The first-order chi connectivity index (χ1) is 14.3. The Bertz CT molecular complexity index is 918. The maximum Gasteiger partial charge on any atom is 0.416 e. The lowest BCUT2D eigenvalue weighted by molar-refractivity contribution is -0.137. The molecule has 1 atom stereocenters. The largest absolute Gasteiger partial charge is 0.477 e. The fourth-order valence-corrected chi connectivity index (χ4v) is 3.10. The SMILES string of the molecule is CCCNC(=O)C1CN(CC(=O)Nc2cccc(C(F)(F)F)c2)c2ccccc2O1. The lowest BCUT2D eigenvalue weighted by atomic mass is 10.1. The molecule has 0 saturated carbocycles. The summed E-state index contributed by atoms with van der Waals surface area (Å²) in [6.07, 6.45) is -4.52. The molecule has 2 amide bonds. The summed E-state index contributed by atoms with van der Waals surface area (Å²) in [6.45, 7) is 2.44. The first kappa shape index (κ1) is 21.5. The van der Waals surface area contributed by atoms with Crippen LogP contribution >= 0.6 is 0 Å². The molecule has 0 saturated heterocycles. The standard InChI is InChI=1S/C21H22F3N3O3/c1-2-10-25-20(29)18-12-27(16-8-3-4-9-17(16)30-18)13-19(28)26-15-7-5-6-14(11-15)21(22,23)24/h3-9,11,18H,2,10,12-13H2,1H3,(H,25,29)(H,26,28). The van der Waals surface area contributed by atoms with E-state index in [0.29, 0.717) is 18.0 Å². The summed E-state index contributed by atoms with van der Waals surface area (Å²) in [5.74, 6) is -0.319. The van der Waals surface area contributed by atoms with E-state index in [1.54, 1.807) is 29.2 Å². The minimum Gasteiger partial charge on any atom is -0.477 e. The average molecular weight is 421 g/mol. The number of hydrogen-bond acceptors (Lipinski definition) is 4. The topological polar surface area (TPSA) is 70.7 Å². The number of amides is 2. The lowest BCUT2D eigenvalue weighted by Gasteiger charge is -2.35. The third-order valence-corrected chi connectivity index (χ3v) is 4.51. The maximum absolute atomic E-state index is 12.9. The Labute approximate surface area is 172 Å². The molecule has 9 heteroatoms. The third kappa shape index (κ3) is 5.22. The summed E-state index contributed by atoms with van der Waals surface area (Å²) in [7, 11) is 0. The van der Waals surface area contributed by atoms with Crippen molar-refractivity contribution in [1.82, 2.24) is 5.32 Å². The molecule has 160 valence electrons. The van der Waals surface area contributed by atoms with E-state index in [4.69, 9.17) is 4.74 Å². The molecule has 1 unspecified atom stereocenters.